The number of nitrogens with zero attached hydrogens (tertiary/aromatic N) is 1. The maximum atomic E-state index is 12.8. The Kier molecular flexibility index (Phi) is 8.41. The predicted octanol–water partition coefficient (Wildman–Crippen LogP) is 10.2. The summed E-state index contributed by atoms with van der Waals surface area (Å²) in [5, 5.41) is 10.9. The van der Waals surface area contributed by atoms with E-state index in [2.05, 4.69) is 54.5 Å². The Morgan fingerprint density at radius 3 is 2.43 bits per heavy atom. The zero-order valence-corrected chi connectivity index (χ0v) is 26.8. The van der Waals surface area contributed by atoms with Gasteiger partial charge in [0.2, 0.25) is 0 Å². The van der Waals surface area contributed by atoms with Crippen molar-refractivity contribution in [2.75, 3.05) is 0 Å². The monoisotopic (exact) mass is 577 g/mol. The fourth-order valence-corrected chi connectivity index (χ4v) is 10.2. The fraction of sp³-hybridized carbons (Fsp3) is 0.694. The van der Waals surface area contributed by atoms with E-state index >= 15 is 0 Å². The van der Waals surface area contributed by atoms with Gasteiger partial charge in [0.05, 0.1) is 4.92 Å². The highest BCUT2D eigenvalue weighted by Gasteiger charge is 2.60. The maximum absolute atomic E-state index is 12.8. The Balaban J connectivity index is 1.28. The Hall–Kier alpha value is -2.63. The van der Waals surface area contributed by atoms with Gasteiger partial charge in [0.1, 0.15) is 11.9 Å². The number of hydrogen-bond acceptors (Lipinski definition) is 5. The summed E-state index contributed by atoms with van der Waals surface area (Å²) in [6.45, 7) is 16.6. The number of hydrogen-bond donors (Lipinski definition) is 0. The summed E-state index contributed by atoms with van der Waals surface area (Å²) in [5.41, 5.74) is 5.32. The molecule has 6 nitrogen and oxygen atoms in total. The first-order valence-electron chi connectivity index (χ1n) is 16.3. The van der Waals surface area contributed by atoms with Gasteiger partial charge in [0.15, 0.2) is 0 Å². The number of nitro groups is 1. The Labute approximate surface area is 252 Å². The van der Waals surface area contributed by atoms with Gasteiger partial charge in [-0.05, 0) is 125 Å². The number of ether oxygens (including phenoxy) is 2. The summed E-state index contributed by atoms with van der Waals surface area (Å²) in [6.07, 6.45) is 13.4. The Morgan fingerprint density at radius 1 is 1.05 bits per heavy atom. The first-order valence-corrected chi connectivity index (χ1v) is 16.3. The van der Waals surface area contributed by atoms with E-state index in [0.717, 1.165) is 37.0 Å². The molecule has 2 unspecified atom stereocenters. The standard InChI is InChI=1S/C36H51NO5/c1-23(2)9-8-10-24(3)28-16-17-29-27-15-18-31-34(4,5)32(20-22-36(31,7)30(27)19-21-35(28,29)6)42-33(38)41-26-13-11-25(12-14-26)37(39)40/h9,11-14,24,28-29,31-32H,8,10,15-22H2,1-7H3/t24-,28?,29+,31?,32+,35-,36-/m1/s1. The molecule has 0 N–H and O–H groups in total. The molecule has 0 heterocycles. The lowest BCUT2D eigenvalue weighted by molar-refractivity contribution is -0.384. The van der Waals surface area contributed by atoms with E-state index in [0.29, 0.717) is 11.3 Å². The molecular formula is C36H51NO5. The van der Waals surface area contributed by atoms with E-state index in [4.69, 9.17) is 9.47 Å². The van der Waals surface area contributed by atoms with Crippen LogP contribution in [0, 0.1) is 50.0 Å². The van der Waals surface area contributed by atoms with Crippen LogP contribution in [-0.2, 0) is 4.74 Å². The molecule has 0 spiro atoms. The van der Waals surface area contributed by atoms with Crippen LogP contribution in [0.2, 0.25) is 0 Å². The van der Waals surface area contributed by atoms with Crippen LogP contribution in [0.15, 0.2) is 47.1 Å². The van der Waals surface area contributed by atoms with Gasteiger partial charge in [-0.3, -0.25) is 10.1 Å². The molecule has 0 radical (unpaired) electrons. The second-order valence-electron chi connectivity index (χ2n) is 15.2. The minimum Gasteiger partial charge on any atom is -0.430 e. The summed E-state index contributed by atoms with van der Waals surface area (Å²) in [6, 6.07) is 5.54. The molecule has 0 aromatic heterocycles. The quantitative estimate of drug-likeness (QED) is 0.106. The lowest BCUT2D eigenvalue weighted by atomic mass is 9.46. The van der Waals surface area contributed by atoms with Gasteiger partial charge in [0, 0.05) is 17.5 Å². The highest BCUT2D eigenvalue weighted by atomic mass is 16.7. The molecule has 0 aliphatic heterocycles. The van der Waals surface area contributed by atoms with Crippen molar-refractivity contribution >= 4 is 11.8 Å². The van der Waals surface area contributed by atoms with E-state index in [1.165, 1.54) is 74.8 Å². The van der Waals surface area contributed by atoms with Crippen molar-refractivity contribution in [1.82, 2.24) is 0 Å². The van der Waals surface area contributed by atoms with Gasteiger partial charge in [0.25, 0.3) is 5.69 Å². The zero-order valence-electron chi connectivity index (χ0n) is 26.8. The minimum atomic E-state index is -0.731. The van der Waals surface area contributed by atoms with Crippen LogP contribution in [0.1, 0.15) is 113 Å². The molecule has 5 rings (SSSR count). The van der Waals surface area contributed by atoms with Crippen LogP contribution in [0.4, 0.5) is 10.5 Å². The van der Waals surface area contributed by atoms with Crippen molar-refractivity contribution in [1.29, 1.82) is 0 Å². The van der Waals surface area contributed by atoms with E-state index in [1.54, 1.807) is 11.1 Å². The number of non-ortho nitro benzene ring substituents is 1. The van der Waals surface area contributed by atoms with E-state index < -0.39 is 11.1 Å². The van der Waals surface area contributed by atoms with Gasteiger partial charge in [-0.1, -0.05) is 57.4 Å². The summed E-state index contributed by atoms with van der Waals surface area (Å²) in [7, 11) is 0. The van der Waals surface area contributed by atoms with Crippen LogP contribution in [0.5, 0.6) is 5.75 Å². The van der Waals surface area contributed by atoms with Gasteiger partial charge in [-0.25, -0.2) is 4.79 Å². The van der Waals surface area contributed by atoms with Gasteiger partial charge >= 0.3 is 6.16 Å². The number of rotatable bonds is 7. The molecule has 0 amide bonds. The van der Waals surface area contributed by atoms with Crippen LogP contribution in [-0.4, -0.2) is 17.2 Å². The fourth-order valence-electron chi connectivity index (χ4n) is 10.2. The molecular weight excluding hydrogens is 526 g/mol. The van der Waals surface area contributed by atoms with E-state index in [9.17, 15) is 14.9 Å². The van der Waals surface area contributed by atoms with Gasteiger partial charge in [-0.2, -0.15) is 0 Å². The highest BCUT2D eigenvalue weighted by molar-refractivity contribution is 5.64. The van der Waals surface area contributed by atoms with Crippen molar-refractivity contribution in [3.05, 3.63) is 57.2 Å². The number of allylic oxidation sites excluding steroid dienone is 4. The second-order valence-corrected chi connectivity index (χ2v) is 15.2. The topological polar surface area (TPSA) is 78.7 Å². The number of fused-ring (bicyclic) bond motifs is 4. The number of carbonyl (C=O) groups excluding carboxylic acids is 1. The van der Waals surface area contributed by atoms with Crippen molar-refractivity contribution in [2.45, 2.75) is 119 Å². The molecule has 4 aliphatic rings. The van der Waals surface area contributed by atoms with Crippen LogP contribution >= 0.6 is 0 Å². The van der Waals surface area contributed by atoms with Crippen LogP contribution in [0.3, 0.4) is 0 Å². The summed E-state index contributed by atoms with van der Waals surface area (Å²) < 4.78 is 11.4. The maximum Gasteiger partial charge on any atom is 0.514 e. The van der Waals surface area contributed by atoms with Crippen molar-refractivity contribution in [3.8, 4) is 5.75 Å². The average Bonchev–Trinajstić information content (AvgIpc) is 3.28. The second kappa shape index (κ2) is 11.5. The average molecular weight is 578 g/mol. The smallest absolute Gasteiger partial charge is 0.430 e. The molecule has 7 atom stereocenters. The minimum absolute atomic E-state index is 0.0421. The van der Waals surface area contributed by atoms with Crippen molar-refractivity contribution in [2.24, 2.45) is 39.9 Å². The summed E-state index contributed by atoms with van der Waals surface area (Å²) >= 11 is 0. The van der Waals surface area contributed by atoms with Crippen LogP contribution < -0.4 is 4.74 Å². The molecule has 1 aromatic carbocycles. The van der Waals surface area contributed by atoms with Crippen molar-refractivity contribution < 1.29 is 19.2 Å². The lowest BCUT2D eigenvalue weighted by Crippen LogP contribution is -2.54. The molecule has 4 aliphatic carbocycles. The van der Waals surface area contributed by atoms with E-state index in [-0.39, 0.29) is 28.4 Å². The third-order valence-corrected chi connectivity index (χ3v) is 12.3. The van der Waals surface area contributed by atoms with E-state index in [1.807, 2.05) is 0 Å². The number of nitro benzene ring substituents is 1. The van der Waals surface area contributed by atoms with Crippen molar-refractivity contribution in [3.63, 3.8) is 0 Å². The number of carbonyl (C=O) groups is 1. The third-order valence-electron chi connectivity index (χ3n) is 12.3. The van der Waals surface area contributed by atoms with Gasteiger partial charge in [-0.15, -0.1) is 0 Å². The summed E-state index contributed by atoms with van der Waals surface area (Å²) in [5.74, 6) is 3.00. The molecule has 230 valence electrons. The Morgan fingerprint density at radius 2 is 1.76 bits per heavy atom. The number of benzene rings is 1. The highest BCUT2D eigenvalue weighted by Crippen LogP contribution is 2.68. The Bertz CT molecular complexity index is 1260. The molecule has 6 heteroatoms. The first kappa shape index (κ1) is 30.8. The largest absolute Gasteiger partial charge is 0.514 e. The SMILES string of the molecule is CC(C)=CCC[C@@H](C)C1CC[C@H]2C3=C(CC[C@]12C)[C@@]1(C)CC[C@H](OC(=O)Oc2ccc([N+](=O)[O-])cc2)C(C)(C)C1CC3. The molecule has 0 bridgehead atoms. The zero-order chi connectivity index (χ0) is 30.4. The molecule has 0 saturated heterocycles. The lowest BCUT2D eigenvalue weighted by Gasteiger charge is -2.60. The summed E-state index contributed by atoms with van der Waals surface area (Å²) in [4.78, 5) is 23.3. The predicted molar refractivity (Wildman–Crippen MR) is 166 cm³/mol. The van der Waals surface area contributed by atoms with Crippen LogP contribution in [0.25, 0.3) is 0 Å². The van der Waals surface area contributed by atoms with Gasteiger partial charge < -0.3 is 9.47 Å². The molecule has 1 aromatic rings. The third kappa shape index (κ3) is 5.43. The molecule has 42 heavy (non-hydrogen) atoms. The molecule has 2 fully saturated rings. The first-order chi connectivity index (χ1) is 19.8. The normalized spacial score (nSPS) is 34.0. The molecule has 2 saturated carbocycles.